The quantitative estimate of drug-likeness (QED) is 0.735. The molecule has 0 aliphatic rings. The van der Waals surface area contributed by atoms with Crippen LogP contribution in [0.5, 0.6) is 5.75 Å². The van der Waals surface area contributed by atoms with Crippen LogP contribution in [0, 0.1) is 0 Å². The summed E-state index contributed by atoms with van der Waals surface area (Å²) in [5, 5.41) is 0. The maximum atomic E-state index is 5.38. The molecule has 0 aromatic heterocycles. The van der Waals surface area contributed by atoms with Crippen LogP contribution in [0.15, 0.2) is 24.3 Å². The summed E-state index contributed by atoms with van der Waals surface area (Å²) in [5.74, 6) is 0.983. The molecular weight excluding hydrogens is 186 g/mol. The topological polar surface area (TPSA) is 12.5 Å². The van der Waals surface area contributed by atoms with E-state index in [2.05, 4.69) is 37.8 Å². The Balaban J connectivity index is 2.93. The van der Waals surface area contributed by atoms with E-state index in [1.807, 2.05) is 12.1 Å². The zero-order chi connectivity index (χ0) is 11.3. The fraction of sp³-hybridized carbons (Fsp3) is 0.538. The largest absolute Gasteiger partial charge is 0.496 e. The zero-order valence-corrected chi connectivity index (χ0v) is 10.2. The minimum atomic E-state index is 0.413. The molecule has 0 saturated carbocycles. The molecule has 0 aliphatic heterocycles. The molecule has 15 heavy (non-hydrogen) atoms. The van der Waals surface area contributed by atoms with Crippen LogP contribution in [0.2, 0.25) is 0 Å². The van der Waals surface area contributed by atoms with E-state index in [1.54, 1.807) is 7.11 Å². The predicted octanol–water partition coefficient (Wildman–Crippen LogP) is 3.10. The Kier molecular flexibility index (Phi) is 4.63. The lowest BCUT2D eigenvalue weighted by atomic mass is 10.1. The summed E-state index contributed by atoms with van der Waals surface area (Å²) in [6.45, 7) is 8.74. The van der Waals surface area contributed by atoms with Crippen molar-refractivity contribution in [1.29, 1.82) is 0 Å². The van der Waals surface area contributed by atoms with Crippen molar-refractivity contribution in [2.45, 2.75) is 26.8 Å². The van der Waals surface area contributed by atoms with Crippen LogP contribution in [0.4, 0.5) is 0 Å². The Hall–Kier alpha value is -1.02. The Bertz CT molecular complexity index is 294. The number of hydrogen-bond acceptors (Lipinski definition) is 2. The van der Waals surface area contributed by atoms with Crippen molar-refractivity contribution in [2.24, 2.45) is 0 Å². The highest BCUT2D eigenvalue weighted by Crippen LogP contribution is 2.28. The van der Waals surface area contributed by atoms with Crippen molar-refractivity contribution in [1.82, 2.24) is 4.90 Å². The molecule has 0 radical (unpaired) electrons. The van der Waals surface area contributed by atoms with Gasteiger partial charge in [0.1, 0.15) is 5.75 Å². The van der Waals surface area contributed by atoms with Crippen molar-refractivity contribution in [2.75, 3.05) is 20.2 Å². The molecule has 0 saturated heterocycles. The van der Waals surface area contributed by atoms with E-state index in [9.17, 15) is 0 Å². The van der Waals surface area contributed by atoms with Gasteiger partial charge >= 0.3 is 0 Å². The van der Waals surface area contributed by atoms with Crippen LogP contribution in [-0.4, -0.2) is 25.1 Å². The second-order valence-electron chi connectivity index (χ2n) is 3.64. The number of methoxy groups -OCH3 is 1. The van der Waals surface area contributed by atoms with Crippen LogP contribution in [-0.2, 0) is 0 Å². The normalized spacial score (nSPS) is 12.9. The molecular formula is C13H21NO. The number of rotatable bonds is 5. The van der Waals surface area contributed by atoms with Crippen LogP contribution < -0.4 is 4.74 Å². The summed E-state index contributed by atoms with van der Waals surface area (Å²) in [6, 6.07) is 8.66. The van der Waals surface area contributed by atoms with Gasteiger partial charge in [-0.05, 0) is 26.1 Å². The lowest BCUT2D eigenvalue weighted by Crippen LogP contribution is -2.26. The lowest BCUT2D eigenvalue weighted by Gasteiger charge is -2.27. The van der Waals surface area contributed by atoms with Crippen molar-refractivity contribution >= 4 is 0 Å². The highest BCUT2D eigenvalue weighted by molar-refractivity contribution is 5.35. The average molecular weight is 207 g/mol. The smallest absolute Gasteiger partial charge is 0.123 e. The maximum Gasteiger partial charge on any atom is 0.123 e. The molecule has 1 atom stereocenters. The average Bonchev–Trinajstić information content (AvgIpc) is 2.30. The first kappa shape index (κ1) is 12.1. The summed E-state index contributed by atoms with van der Waals surface area (Å²) >= 11 is 0. The summed E-state index contributed by atoms with van der Waals surface area (Å²) < 4.78 is 5.38. The molecule has 1 aromatic carbocycles. The minimum Gasteiger partial charge on any atom is -0.496 e. The van der Waals surface area contributed by atoms with Crippen LogP contribution in [0.3, 0.4) is 0 Å². The summed E-state index contributed by atoms with van der Waals surface area (Å²) in [5.41, 5.74) is 1.27. The maximum absolute atomic E-state index is 5.38. The van der Waals surface area contributed by atoms with Crippen molar-refractivity contribution in [3.8, 4) is 5.75 Å². The van der Waals surface area contributed by atoms with Crippen molar-refractivity contribution < 1.29 is 4.74 Å². The molecule has 1 rings (SSSR count). The third kappa shape index (κ3) is 2.72. The predicted molar refractivity (Wildman–Crippen MR) is 64.3 cm³/mol. The van der Waals surface area contributed by atoms with Crippen LogP contribution in [0.25, 0.3) is 0 Å². The standard InChI is InChI=1S/C13H21NO/c1-5-14(6-2)11(3)12-9-7-8-10-13(12)15-4/h7-11H,5-6H2,1-4H3. The van der Waals surface area contributed by atoms with E-state index >= 15 is 0 Å². The number of ether oxygens (including phenoxy) is 1. The molecule has 0 fully saturated rings. The van der Waals surface area contributed by atoms with Crippen LogP contribution >= 0.6 is 0 Å². The molecule has 2 heteroatoms. The van der Waals surface area contributed by atoms with E-state index in [0.717, 1.165) is 18.8 Å². The van der Waals surface area contributed by atoms with Gasteiger partial charge < -0.3 is 4.74 Å². The molecule has 2 nitrogen and oxygen atoms in total. The fourth-order valence-corrected chi connectivity index (χ4v) is 1.98. The Morgan fingerprint density at radius 3 is 2.33 bits per heavy atom. The first-order chi connectivity index (χ1) is 7.24. The molecule has 0 bridgehead atoms. The lowest BCUT2D eigenvalue weighted by molar-refractivity contribution is 0.229. The Morgan fingerprint density at radius 2 is 1.80 bits per heavy atom. The van der Waals surface area contributed by atoms with Gasteiger partial charge in [0.25, 0.3) is 0 Å². The molecule has 0 heterocycles. The SMILES string of the molecule is CCN(CC)C(C)c1ccccc1OC. The Labute approximate surface area is 92.9 Å². The number of hydrogen-bond donors (Lipinski definition) is 0. The fourth-order valence-electron chi connectivity index (χ4n) is 1.98. The molecule has 0 amide bonds. The first-order valence-electron chi connectivity index (χ1n) is 5.61. The number of para-hydroxylation sites is 1. The van der Waals surface area contributed by atoms with Crippen LogP contribution in [0.1, 0.15) is 32.4 Å². The third-order valence-electron chi connectivity index (χ3n) is 2.95. The van der Waals surface area contributed by atoms with Gasteiger partial charge in [-0.3, -0.25) is 4.90 Å². The van der Waals surface area contributed by atoms with E-state index < -0.39 is 0 Å². The van der Waals surface area contributed by atoms with E-state index in [1.165, 1.54) is 5.56 Å². The zero-order valence-electron chi connectivity index (χ0n) is 10.2. The molecule has 0 N–H and O–H groups in total. The van der Waals surface area contributed by atoms with Gasteiger partial charge in [0.2, 0.25) is 0 Å². The van der Waals surface area contributed by atoms with Gasteiger partial charge in [-0.25, -0.2) is 0 Å². The van der Waals surface area contributed by atoms with Gasteiger partial charge in [0, 0.05) is 11.6 Å². The number of nitrogens with zero attached hydrogens (tertiary/aromatic N) is 1. The van der Waals surface area contributed by atoms with Gasteiger partial charge in [-0.2, -0.15) is 0 Å². The van der Waals surface area contributed by atoms with Gasteiger partial charge in [0.05, 0.1) is 7.11 Å². The molecule has 1 aromatic rings. The van der Waals surface area contributed by atoms with Crippen molar-refractivity contribution in [3.63, 3.8) is 0 Å². The number of benzene rings is 1. The highest BCUT2D eigenvalue weighted by Gasteiger charge is 2.15. The molecule has 0 aliphatic carbocycles. The van der Waals surface area contributed by atoms with E-state index in [0.29, 0.717) is 6.04 Å². The Morgan fingerprint density at radius 1 is 1.20 bits per heavy atom. The summed E-state index contributed by atoms with van der Waals surface area (Å²) in [7, 11) is 1.73. The van der Waals surface area contributed by atoms with Gasteiger partial charge in [-0.1, -0.05) is 32.0 Å². The van der Waals surface area contributed by atoms with E-state index in [4.69, 9.17) is 4.74 Å². The van der Waals surface area contributed by atoms with Gasteiger partial charge in [-0.15, -0.1) is 0 Å². The first-order valence-corrected chi connectivity index (χ1v) is 5.61. The second kappa shape index (κ2) is 5.76. The summed E-state index contributed by atoms with van der Waals surface area (Å²) in [6.07, 6.45) is 0. The minimum absolute atomic E-state index is 0.413. The highest BCUT2D eigenvalue weighted by atomic mass is 16.5. The third-order valence-corrected chi connectivity index (χ3v) is 2.95. The van der Waals surface area contributed by atoms with Gasteiger partial charge in [0.15, 0.2) is 0 Å². The molecule has 84 valence electrons. The monoisotopic (exact) mass is 207 g/mol. The molecule has 1 unspecified atom stereocenters. The summed E-state index contributed by atoms with van der Waals surface area (Å²) in [4.78, 5) is 2.41. The van der Waals surface area contributed by atoms with Crippen molar-refractivity contribution in [3.05, 3.63) is 29.8 Å². The molecule has 0 spiro atoms. The van der Waals surface area contributed by atoms with E-state index in [-0.39, 0.29) is 0 Å². The second-order valence-corrected chi connectivity index (χ2v) is 3.64.